The molecule has 0 unspecified atom stereocenters. The minimum absolute atomic E-state index is 0.214. The van der Waals surface area contributed by atoms with Crippen LogP contribution in [0.15, 0.2) is 77.7 Å². The summed E-state index contributed by atoms with van der Waals surface area (Å²) in [6, 6.07) is 15.0. The van der Waals surface area contributed by atoms with Crippen LogP contribution in [0.3, 0.4) is 0 Å². The van der Waals surface area contributed by atoms with Crippen LogP contribution in [0.5, 0.6) is 5.75 Å². The first-order valence-electron chi connectivity index (χ1n) is 11.0. The molecule has 0 bridgehead atoms. The number of sulfonamides is 1. The molecule has 0 aliphatic carbocycles. The summed E-state index contributed by atoms with van der Waals surface area (Å²) >= 11 is 0. The van der Waals surface area contributed by atoms with Crippen molar-refractivity contribution in [3.8, 4) is 5.75 Å². The Balaban J connectivity index is 1.53. The molecule has 5 nitrogen and oxygen atoms in total. The maximum Gasteiger partial charge on any atom is 0.573 e. The van der Waals surface area contributed by atoms with Gasteiger partial charge in [-0.15, -0.1) is 13.2 Å². The molecule has 0 amide bonds. The summed E-state index contributed by atoms with van der Waals surface area (Å²) in [4.78, 5) is -0.214. The normalized spacial score (nSPS) is 18.8. The van der Waals surface area contributed by atoms with Crippen LogP contribution in [0.4, 0.5) is 22.0 Å². The number of nitrogens with one attached hydrogen (secondary N) is 1. The van der Waals surface area contributed by atoms with Gasteiger partial charge in [-0.25, -0.2) is 21.9 Å². The van der Waals surface area contributed by atoms with E-state index in [4.69, 9.17) is 4.74 Å². The lowest BCUT2D eigenvalue weighted by atomic mass is 9.82. The second kappa shape index (κ2) is 10.5. The number of hydrogen-bond acceptors (Lipinski definition) is 4. The van der Waals surface area contributed by atoms with E-state index in [-0.39, 0.29) is 17.9 Å². The highest BCUT2D eigenvalue weighted by molar-refractivity contribution is 7.89. The van der Waals surface area contributed by atoms with E-state index in [1.54, 1.807) is 24.3 Å². The summed E-state index contributed by atoms with van der Waals surface area (Å²) in [6.45, 7) is 0.231. The number of alkyl halides is 3. The van der Waals surface area contributed by atoms with E-state index in [1.807, 2.05) is 0 Å². The Hall–Kier alpha value is -3.02. The highest BCUT2D eigenvalue weighted by Gasteiger charge is 2.34. The van der Waals surface area contributed by atoms with Crippen molar-refractivity contribution in [3.05, 3.63) is 95.6 Å². The van der Waals surface area contributed by atoms with Crippen molar-refractivity contribution in [2.75, 3.05) is 6.61 Å². The summed E-state index contributed by atoms with van der Waals surface area (Å²) in [7, 11) is -4.05. The van der Waals surface area contributed by atoms with Gasteiger partial charge in [0.05, 0.1) is 11.0 Å². The van der Waals surface area contributed by atoms with Gasteiger partial charge in [0.2, 0.25) is 10.0 Å². The van der Waals surface area contributed by atoms with E-state index in [0.717, 1.165) is 35.4 Å². The summed E-state index contributed by atoms with van der Waals surface area (Å²) in [6.07, 6.45) is -4.77. The zero-order chi connectivity index (χ0) is 25.9. The molecule has 1 N–H and O–H groups in total. The van der Waals surface area contributed by atoms with Gasteiger partial charge in [-0.1, -0.05) is 24.3 Å². The predicted molar refractivity (Wildman–Crippen MR) is 121 cm³/mol. The van der Waals surface area contributed by atoms with Crippen molar-refractivity contribution in [2.45, 2.75) is 42.2 Å². The van der Waals surface area contributed by atoms with E-state index in [1.165, 1.54) is 24.3 Å². The number of hydrogen-bond donors (Lipinski definition) is 1. The van der Waals surface area contributed by atoms with Crippen LogP contribution in [-0.4, -0.2) is 33.5 Å². The maximum absolute atomic E-state index is 13.5. The molecule has 192 valence electrons. The van der Waals surface area contributed by atoms with E-state index in [2.05, 4.69) is 9.46 Å². The largest absolute Gasteiger partial charge is 0.573 e. The van der Waals surface area contributed by atoms with Crippen LogP contribution in [0, 0.1) is 11.6 Å². The molecule has 1 aliphatic heterocycles. The van der Waals surface area contributed by atoms with Crippen molar-refractivity contribution in [2.24, 2.45) is 0 Å². The molecular weight excluding hydrogens is 505 g/mol. The summed E-state index contributed by atoms with van der Waals surface area (Å²) in [5, 5.41) is 0. The standard InChI is InChI=1S/C25H22F5NO4S/c26-18-5-1-16(2-6-18)24(17-3-7-19(27)8-4-17)23-15-20(13-14-34-23)31-36(32,33)22-11-9-21(10-12-22)35-25(28,29)30/h1-12,20,23-24,31H,13-15H2/t20-,23-/m0/s1. The lowest BCUT2D eigenvalue weighted by Crippen LogP contribution is -2.43. The molecule has 1 fully saturated rings. The predicted octanol–water partition coefficient (Wildman–Crippen LogP) is 5.52. The number of ether oxygens (including phenoxy) is 2. The van der Waals surface area contributed by atoms with Crippen molar-refractivity contribution in [3.63, 3.8) is 0 Å². The molecule has 2 atom stereocenters. The quantitative estimate of drug-likeness (QED) is 0.411. The lowest BCUT2D eigenvalue weighted by Gasteiger charge is -2.35. The lowest BCUT2D eigenvalue weighted by molar-refractivity contribution is -0.274. The highest BCUT2D eigenvalue weighted by atomic mass is 32.2. The van der Waals surface area contributed by atoms with E-state index in [0.29, 0.717) is 6.42 Å². The van der Waals surface area contributed by atoms with Gasteiger partial charge in [0.25, 0.3) is 0 Å². The van der Waals surface area contributed by atoms with Crippen LogP contribution >= 0.6 is 0 Å². The third-order valence-corrected chi connectivity index (χ3v) is 7.37. The average molecular weight is 528 g/mol. The van der Waals surface area contributed by atoms with Crippen molar-refractivity contribution < 1.29 is 39.8 Å². The van der Waals surface area contributed by atoms with E-state index < -0.39 is 51.8 Å². The Labute approximate surface area is 204 Å². The van der Waals surface area contributed by atoms with Crippen LogP contribution in [-0.2, 0) is 14.8 Å². The second-order valence-corrected chi connectivity index (χ2v) is 10.1. The monoisotopic (exact) mass is 527 g/mol. The van der Waals surface area contributed by atoms with E-state index >= 15 is 0 Å². The molecule has 1 saturated heterocycles. The van der Waals surface area contributed by atoms with Gasteiger partial charge in [0.1, 0.15) is 17.4 Å². The number of rotatable bonds is 7. The Morgan fingerprint density at radius 2 is 1.39 bits per heavy atom. The number of benzene rings is 3. The highest BCUT2D eigenvalue weighted by Crippen LogP contribution is 2.35. The van der Waals surface area contributed by atoms with Gasteiger partial charge in [0, 0.05) is 18.6 Å². The Morgan fingerprint density at radius 1 is 0.861 bits per heavy atom. The van der Waals surface area contributed by atoms with Gasteiger partial charge >= 0.3 is 6.36 Å². The molecular formula is C25H22F5NO4S. The molecule has 3 aromatic rings. The zero-order valence-electron chi connectivity index (χ0n) is 18.7. The van der Waals surface area contributed by atoms with Gasteiger partial charge < -0.3 is 9.47 Å². The molecule has 0 aromatic heterocycles. The molecule has 3 aromatic carbocycles. The minimum atomic E-state index is -4.89. The van der Waals surface area contributed by atoms with Crippen molar-refractivity contribution in [1.82, 2.24) is 4.72 Å². The zero-order valence-corrected chi connectivity index (χ0v) is 19.5. The van der Waals surface area contributed by atoms with Gasteiger partial charge in [-0.2, -0.15) is 0 Å². The fourth-order valence-electron chi connectivity index (χ4n) is 4.24. The first-order chi connectivity index (χ1) is 17.0. The van der Waals surface area contributed by atoms with Crippen molar-refractivity contribution in [1.29, 1.82) is 0 Å². The van der Waals surface area contributed by atoms with E-state index in [9.17, 15) is 30.4 Å². The van der Waals surface area contributed by atoms with Crippen LogP contribution in [0.25, 0.3) is 0 Å². The van der Waals surface area contributed by atoms with Gasteiger partial charge in [-0.3, -0.25) is 0 Å². The SMILES string of the molecule is O=S(=O)(N[C@H]1CCO[C@H](C(c2ccc(F)cc2)c2ccc(F)cc2)C1)c1ccc(OC(F)(F)F)cc1. The molecule has 0 saturated carbocycles. The van der Waals surface area contributed by atoms with Crippen LogP contribution in [0.2, 0.25) is 0 Å². The minimum Gasteiger partial charge on any atom is -0.406 e. The van der Waals surface area contributed by atoms with Crippen molar-refractivity contribution >= 4 is 10.0 Å². The van der Waals surface area contributed by atoms with Crippen LogP contribution in [0.1, 0.15) is 29.9 Å². The fourth-order valence-corrected chi connectivity index (χ4v) is 5.52. The first-order valence-corrected chi connectivity index (χ1v) is 12.5. The third kappa shape index (κ3) is 6.59. The molecule has 0 radical (unpaired) electrons. The summed E-state index contributed by atoms with van der Waals surface area (Å²) < 4.78 is 102. The molecule has 1 heterocycles. The van der Waals surface area contributed by atoms with Gasteiger partial charge in [0.15, 0.2) is 0 Å². The smallest absolute Gasteiger partial charge is 0.406 e. The first kappa shape index (κ1) is 26.1. The maximum atomic E-state index is 13.5. The molecule has 36 heavy (non-hydrogen) atoms. The van der Waals surface area contributed by atoms with Crippen LogP contribution < -0.4 is 9.46 Å². The topological polar surface area (TPSA) is 64.6 Å². The Kier molecular flexibility index (Phi) is 7.62. The second-order valence-electron chi connectivity index (χ2n) is 8.35. The summed E-state index contributed by atoms with van der Waals surface area (Å²) in [5.41, 5.74) is 1.44. The third-order valence-electron chi connectivity index (χ3n) is 5.83. The number of halogens is 5. The average Bonchev–Trinajstić information content (AvgIpc) is 2.81. The molecule has 11 heteroatoms. The fraction of sp³-hybridized carbons (Fsp3) is 0.280. The Morgan fingerprint density at radius 3 is 1.89 bits per heavy atom. The molecule has 0 spiro atoms. The molecule has 1 aliphatic rings. The molecule has 4 rings (SSSR count). The van der Waals surface area contributed by atoms with Gasteiger partial charge in [-0.05, 0) is 72.5 Å². The Bertz CT molecular complexity index is 1220. The summed E-state index contributed by atoms with van der Waals surface area (Å²) in [5.74, 6) is -1.79.